The smallest absolute Gasteiger partial charge is 0.287 e. The molecule has 1 aliphatic rings. The van der Waals surface area contributed by atoms with Gasteiger partial charge in [-0.25, -0.2) is 4.39 Å². The van der Waals surface area contributed by atoms with E-state index in [2.05, 4.69) is 12.2 Å². The van der Waals surface area contributed by atoms with Crippen LogP contribution in [0.2, 0.25) is 0 Å². The molecule has 2 atom stereocenters. The molecule has 116 valence electrons. The second kappa shape index (κ2) is 6.34. The fraction of sp³-hybridized carbons (Fsp3) is 0.389. The largest absolute Gasteiger partial charge is 0.451 e. The molecule has 4 heteroatoms. The monoisotopic (exact) mass is 301 g/mol. The summed E-state index contributed by atoms with van der Waals surface area (Å²) in [5.74, 6) is 0.912. The van der Waals surface area contributed by atoms with Crippen molar-refractivity contribution in [3.05, 3.63) is 48.0 Å². The van der Waals surface area contributed by atoms with Crippen LogP contribution in [0.15, 0.2) is 40.8 Å². The zero-order valence-electron chi connectivity index (χ0n) is 12.6. The number of carbonyl (C=O) groups excluding carboxylic acids is 1. The van der Waals surface area contributed by atoms with Gasteiger partial charge in [-0.15, -0.1) is 0 Å². The van der Waals surface area contributed by atoms with Gasteiger partial charge in [0.2, 0.25) is 0 Å². The van der Waals surface area contributed by atoms with E-state index >= 15 is 0 Å². The van der Waals surface area contributed by atoms with Gasteiger partial charge in [-0.2, -0.15) is 0 Å². The van der Waals surface area contributed by atoms with Gasteiger partial charge in [-0.3, -0.25) is 4.79 Å². The van der Waals surface area contributed by atoms with Gasteiger partial charge >= 0.3 is 0 Å². The number of halogens is 1. The van der Waals surface area contributed by atoms with Gasteiger partial charge in [0.25, 0.3) is 5.91 Å². The van der Waals surface area contributed by atoms with Crippen LogP contribution in [0.4, 0.5) is 4.39 Å². The molecule has 0 aliphatic heterocycles. The van der Waals surface area contributed by atoms with Crippen molar-refractivity contribution in [1.29, 1.82) is 0 Å². The highest BCUT2D eigenvalue weighted by atomic mass is 19.1. The van der Waals surface area contributed by atoms with Crippen LogP contribution in [0, 0.1) is 11.7 Å². The van der Waals surface area contributed by atoms with Crippen LogP contribution < -0.4 is 5.32 Å². The number of hydrogen-bond acceptors (Lipinski definition) is 2. The summed E-state index contributed by atoms with van der Waals surface area (Å²) in [7, 11) is 0. The second-order valence-corrected chi connectivity index (χ2v) is 6.01. The molecule has 2 aromatic rings. The summed E-state index contributed by atoms with van der Waals surface area (Å²) in [6.45, 7) is 2.18. The van der Waals surface area contributed by atoms with Crippen molar-refractivity contribution >= 4 is 5.91 Å². The first-order chi connectivity index (χ1) is 10.6. The first-order valence-corrected chi connectivity index (χ1v) is 7.80. The molecule has 1 amide bonds. The molecular formula is C18H20FNO2. The lowest BCUT2D eigenvalue weighted by atomic mass is 9.86. The van der Waals surface area contributed by atoms with Crippen molar-refractivity contribution < 1.29 is 13.6 Å². The van der Waals surface area contributed by atoms with Gasteiger partial charge in [-0.1, -0.05) is 19.8 Å². The summed E-state index contributed by atoms with van der Waals surface area (Å²) in [5.41, 5.74) is 0.756. The zero-order valence-corrected chi connectivity index (χ0v) is 12.6. The van der Waals surface area contributed by atoms with E-state index in [-0.39, 0.29) is 17.8 Å². The Morgan fingerprint density at radius 1 is 1.14 bits per heavy atom. The number of rotatable bonds is 3. The molecule has 22 heavy (non-hydrogen) atoms. The molecule has 3 rings (SSSR count). The second-order valence-electron chi connectivity index (χ2n) is 6.01. The fourth-order valence-electron chi connectivity index (χ4n) is 3.00. The Morgan fingerprint density at radius 2 is 1.86 bits per heavy atom. The van der Waals surface area contributed by atoms with E-state index in [0.717, 1.165) is 24.8 Å². The Hall–Kier alpha value is -2.10. The number of benzene rings is 1. The van der Waals surface area contributed by atoms with Crippen LogP contribution in [0.1, 0.15) is 43.2 Å². The molecule has 1 aliphatic carbocycles. The predicted molar refractivity (Wildman–Crippen MR) is 83.0 cm³/mol. The average Bonchev–Trinajstić information content (AvgIpc) is 3.00. The number of hydrogen-bond donors (Lipinski definition) is 1. The number of furan rings is 1. The summed E-state index contributed by atoms with van der Waals surface area (Å²) >= 11 is 0. The van der Waals surface area contributed by atoms with Crippen molar-refractivity contribution in [3.8, 4) is 11.3 Å². The van der Waals surface area contributed by atoms with E-state index in [4.69, 9.17) is 4.42 Å². The summed E-state index contributed by atoms with van der Waals surface area (Å²) in [6.07, 6.45) is 4.58. The van der Waals surface area contributed by atoms with E-state index < -0.39 is 0 Å². The summed E-state index contributed by atoms with van der Waals surface area (Å²) < 4.78 is 18.6. The molecule has 1 saturated carbocycles. The molecule has 1 heterocycles. The number of nitrogens with one attached hydrogen (secondary N) is 1. The number of carbonyl (C=O) groups is 1. The van der Waals surface area contributed by atoms with Gasteiger partial charge in [-0.05, 0) is 55.2 Å². The van der Waals surface area contributed by atoms with Crippen LogP contribution >= 0.6 is 0 Å². The van der Waals surface area contributed by atoms with Gasteiger partial charge < -0.3 is 9.73 Å². The van der Waals surface area contributed by atoms with Crippen LogP contribution in [0.3, 0.4) is 0 Å². The Labute approximate surface area is 129 Å². The van der Waals surface area contributed by atoms with Crippen LogP contribution in [-0.2, 0) is 0 Å². The highest BCUT2D eigenvalue weighted by Crippen LogP contribution is 2.25. The quantitative estimate of drug-likeness (QED) is 0.913. The maximum Gasteiger partial charge on any atom is 0.287 e. The van der Waals surface area contributed by atoms with Crippen molar-refractivity contribution in [3.63, 3.8) is 0 Å². The molecule has 1 aromatic carbocycles. The minimum atomic E-state index is -0.292. The molecule has 0 saturated heterocycles. The normalized spacial score (nSPS) is 21.5. The minimum absolute atomic E-state index is 0.174. The first kappa shape index (κ1) is 14.8. The number of amides is 1. The Balaban J connectivity index is 1.70. The van der Waals surface area contributed by atoms with E-state index in [1.54, 1.807) is 24.3 Å². The van der Waals surface area contributed by atoms with Crippen molar-refractivity contribution in [1.82, 2.24) is 5.32 Å². The lowest BCUT2D eigenvalue weighted by Crippen LogP contribution is -2.40. The lowest BCUT2D eigenvalue weighted by molar-refractivity contribution is 0.0883. The van der Waals surface area contributed by atoms with Crippen LogP contribution in [-0.4, -0.2) is 11.9 Å². The lowest BCUT2D eigenvalue weighted by Gasteiger charge is -2.29. The maximum absolute atomic E-state index is 12.9. The van der Waals surface area contributed by atoms with Crippen LogP contribution in [0.5, 0.6) is 0 Å². The molecule has 0 unspecified atom stereocenters. The third-order valence-corrected chi connectivity index (χ3v) is 4.39. The van der Waals surface area contributed by atoms with Crippen molar-refractivity contribution in [2.75, 3.05) is 0 Å². The van der Waals surface area contributed by atoms with Gasteiger partial charge in [0.05, 0.1) is 0 Å². The SMILES string of the molecule is C[C@@H]1CCCC[C@H]1NC(=O)c1ccc(-c2ccc(F)cc2)o1. The Bertz CT molecular complexity index is 647. The van der Waals surface area contributed by atoms with Crippen molar-refractivity contribution in [2.24, 2.45) is 5.92 Å². The van der Waals surface area contributed by atoms with E-state index in [0.29, 0.717) is 17.4 Å². The highest BCUT2D eigenvalue weighted by Gasteiger charge is 2.24. The zero-order chi connectivity index (χ0) is 15.5. The minimum Gasteiger partial charge on any atom is -0.451 e. The van der Waals surface area contributed by atoms with Gasteiger partial charge in [0.15, 0.2) is 5.76 Å². The van der Waals surface area contributed by atoms with Crippen molar-refractivity contribution in [2.45, 2.75) is 38.6 Å². The summed E-state index contributed by atoms with van der Waals surface area (Å²) in [4.78, 5) is 12.3. The molecule has 0 bridgehead atoms. The van der Waals surface area contributed by atoms with E-state index in [1.807, 2.05) is 0 Å². The van der Waals surface area contributed by atoms with Gasteiger partial charge in [0.1, 0.15) is 11.6 Å². The maximum atomic E-state index is 12.9. The average molecular weight is 301 g/mol. The summed E-state index contributed by atoms with van der Waals surface area (Å²) in [5, 5.41) is 3.07. The Kier molecular flexibility index (Phi) is 4.27. The highest BCUT2D eigenvalue weighted by molar-refractivity contribution is 5.92. The Morgan fingerprint density at radius 3 is 2.59 bits per heavy atom. The van der Waals surface area contributed by atoms with E-state index in [1.165, 1.54) is 18.6 Å². The third kappa shape index (κ3) is 3.21. The first-order valence-electron chi connectivity index (χ1n) is 7.80. The third-order valence-electron chi connectivity index (χ3n) is 4.39. The molecule has 0 spiro atoms. The fourth-order valence-corrected chi connectivity index (χ4v) is 3.00. The van der Waals surface area contributed by atoms with E-state index in [9.17, 15) is 9.18 Å². The standard InChI is InChI=1S/C18H20FNO2/c1-12-4-2-3-5-15(12)20-18(21)17-11-10-16(22-17)13-6-8-14(19)9-7-13/h6-12,15H,2-5H2,1H3,(H,20,21)/t12-,15-/m1/s1. The molecule has 3 nitrogen and oxygen atoms in total. The molecule has 0 radical (unpaired) electrons. The molecular weight excluding hydrogens is 281 g/mol. The topological polar surface area (TPSA) is 42.2 Å². The predicted octanol–water partition coefficient (Wildman–Crippen LogP) is 4.39. The van der Waals surface area contributed by atoms with Gasteiger partial charge in [0, 0.05) is 11.6 Å². The molecule has 1 aromatic heterocycles. The summed E-state index contributed by atoms with van der Waals surface area (Å²) in [6, 6.07) is 9.66. The molecule has 1 N–H and O–H groups in total. The van der Waals surface area contributed by atoms with Crippen LogP contribution in [0.25, 0.3) is 11.3 Å². The molecule has 1 fully saturated rings.